The number of aliphatic hydroxyl groups is 1. The lowest BCUT2D eigenvalue weighted by molar-refractivity contribution is 0.230. The molecule has 0 amide bonds. The number of methoxy groups -OCH3 is 1. The predicted molar refractivity (Wildman–Crippen MR) is 75.1 cm³/mol. The fourth-order valence-corrected chi connectivity index (χ4v) is 1.97. The highest BCUT2D eigenvalue weighted by Gasteiger charge is 2.16. The van der Waals surface area contributed by atoms with Gasteiger partial charge < -0.3 is 15.2 Å². The van der Waals surface area contributed by atoms with Crippen molar-refractivity contribution in [3.05, 3.63) is 28.8 Å². The van der Waals surface area contributed by atoms with Crippen LogP contribution in [0.4, 0.5) is 0 Å². The standard InChI is InChI=1S/C15H25NO2/c1-11-12(2)14(18-5)7-6-13(11)10-16-15(3,4)8-9-17/h6-7,16-17H,8-10H2,1-5H3. The van der Waals surface area contributed by atoms with Crippen LogP contribution in [0, 0.1) is 13.8 Å². The number of hydrogen-bond donors (Lipinski definition) is 2. The largest absolute Gasteiger partial charge is 0.496 e. The summed E-state index contributed by atoms with van der Waals surface area (Å²) >= 11 is 0. The normalized spacial score (nSPS) is 11.7. The third-order valence-electron chi connectivity index (χ3n) is 3.56. The summed E-state index contributed by atoms with van der Waals surface area (Å²) in [5, 5.41) is 12.5. The molecule has 102 valence electrons. The first-order chi connectivity index (χ1) is 8.41. The Kier molecular flexibility index (Phi) is 5.17. The minimum Gasteiger partial charge on any atom is -0.496 e. The number of ether oxygens (including phenoxy) is 1. The summed E-state index contributed by atoms with van der Waals surface area (Å²) < 4.78 is 5.31. The van der Waals surface area contributed by atoms with Crippen molar-refractivity contribution in [1.82, 2.24) is 5.32 Å². The summed E-state index contributed by atoms with van der Waals surface area (Å²) in [6.45, 7) is 9.43. The Morgan fingerprint density at radius 1 is 1.22 bits per heavy atom. The van der Waals surface area contributed by atoms with Crippen molar-refractivity contribution < 1.29 is 9.84 Å². The van der Waals surface area contributed by atoms with Crippen LogP contribution in [0.3, 0.4) is 0 Å². The smallest absolute Gasteiger partial charge is 0.122 e. The highest BCUT2D eigenvalue weighted by molar-refractivity contribution is 5.43. The third kappa shape index (κ3) is 3.72. The number of benzene rings is 1. The zero-order valence-corrected chi connectivity index (χ0v) is 12.1. The molecule has 0 radical (unpaired) electrons. The molecule has 0 aliphatic rings. The van der Waals surface area contributed by atoms with Gasteiger partial charge in [0.15, 0.2) is 0 Å². The van der Waals surface area contributed by atoms with E-state index >= 15 is 0 Å². The summed E-state index contributed by atoms with van der Waals surface area (Å²) in [6, 6.07) is 4.11. The quantitative estimate of drug-likeness (QED) is 0.816. The summed E-state index contributed by atoms with van der Waals surface area (Å²) in [6.07, 6.45) is 0.751. The van der Waals surface area contributed by atoms with E-state index in [4.69, 9.17) is 9.84 Å². The summed E-state index contributed by atoms with van der Waals surface area (Å²) in [7, 11) is 1.70. The maximum absolute atomic E-state index is 9.01. The van der Waals surface area contributed by atoms with Crippen LogP contribution in [0.1, 0.15) is 37.0 Å². The van der Waals surface area contributed by atoms with E-state index in [1.165, 1.54) is 16.7 Å². The first-order valence-electron chi connectivity index (χ1n) is 6.40. The van der Waals surface area contributed by atoms with Crippen LogP contribution in [-0.4, -0.2) is 24.4 Å². The minimum atomic E-state index is -0.0466. The Morgan fingerprint density at radius 3 is 2.44 bits per heavy atom. The van der Waals surface area contributed by atoms with Gasteiger partial charge in [-0.2, -0.15) is 0 Å². The van der Waals surface area contributed by atoms with Crippen molar-refractivity contribution in [3.63, 3.8) is 0 Å². The molecule has 3 heteroatoms. The van der Waals surface area contributed by atoms with E-state index in [0.717, 1.165) is 18.7 Å². The van der Waals surface area contributed by atoms with Gasteiger partial charge in [0.25, 0.3) is 0 Å². The Balaban J connectivity index is 2.77. The van der Waals surface area contributed by atoms with Gasteiger partial charge in [0.2, 0.25) is 0 Å². The second-order valence-corrected chi connectivity index (χ2v) is 5.39. The van der Waals surface area contributed by atoms with Crippen LogP contribution >= 0.6 is 0 Å². The van der Waals surface area contributed by atoms with Gasteiger partial charge in [-0.3, -0.25) is 0 Å². The van der Waals surface area contributed by atoms with Crippen LogP contribution in [0.25, 0.3) is 0 Å². The lowest BCUT2D eigenvalue weighted by Gasteiger charge is -2.26. The Bertz CT molecular complexity index is 400. The minimum absolute atomic E-state index is 0.0466. The molecule has 0 bridgehead atoms. The number of aliphatic hydroxyl groups excluding tert-OH is 1. The maximum Gasteiger partial charge on any atom is 0.122 e. The van der Waals surface area contributed by atoms with E-state index in [0.29, 0.717) is 0 Å². The van der Waals surface area contributed by atoms with E-state index in [2.05, 4.69) is 39.1 Å². The first kappa shape index (κ1) is 15.0. The molecule has 0 aliphatic carbocycles. The van der Waals surface area contributed by atoms with Gasteiger partial charge in [0, 0.05) is 18.7 Å². The van der Waals surface area contributed by atoms with Crippen LogP contribution in [0.2, 0.25) is 0 Å². The summed E-state index contributed by atoms with van der Waals surface area (Å²) in [4.78, 5) is 0. The zero-order chi connectivity index (χ0) is 13.8. The lowest BCUT2D eigenvalue weighted by atomic mass is 9.98. The van der Waals surface area contributed by atoms with Gasteiger partial charge in [-0.05, 0) is 56.9 Å². The lowest BCUT2D eigenvalue weighted by Crippen LogP contribution is -2.39. The second-order valence-electron chi connectivity index (χ2n) is 5.39. The van der Waals surface area contributed by atoms with Crippen molar-refractivity contribution in [2.45, 2.75) is 46.2 Å². The molecule has 2 N–H and O–H groups in total. The molecule has 0 unspecified atom stereocenters. The van der Waals surface area contributed by atoms with E-state index in [-0.39, 0.29) is 12.1 Å². The molecule has 0 saturated heterocycles. The SMILES string of the molecule is COc1ccc(CNC(C)(C)CCO)c(C)c1C. The number of rotatable bonds is 6. The highest BCUT2D eigenvalue weighted by Crippen LogP contribution is 2.24. The fraction of sp³-hybridized carbons (Fsp3) is 0.600. The van der Waals surface area contributed by atoms with Crippen molar-refractivity contribution in [3.8, 4) is 5.75 Å². The molecular weight excluding hydrogens is 226 g/mol. The third-order valence-corrected chi connectivity index (χ3v) is 3.56. The Labute approximate surface area is 110 Å². The van der Waals surface area contributed by atoms with E-state index < -0.39 is 0 Å². The molecular formula is C15H25NO2. The molecule has 0 aliphatic heterocycles. The van der Waals surface area contributed by atoms with E-state index in [1.54, 1.807) is 7.11 Å². The van der Waals surface area contributed by atoms with Crippen LogP contribution in [0.15, 0.2) is 12.1 Å². The average molecular weight is 251 g/mol. The predicted octanol–water partition coefficient (Wildman–Crippen LogP) is 2.56. The molecule has 1 aromatic carbocycles. The van der Waals surface area contributed by atoms with Crippen molar-refractivity contribution in [2.75, 3.05) is 13.7 Å². The molecule has 0 fully saturated rings. The van der Waals surface area contributed by atoms with Crippen molar-refractivity contribution >= 4 is 0 Å². The van der Waals surface area contributed by atoms with Gasteiger partial charge >= 0.3 is 0 Å². The molecule has 0 atom stereocenters. The van der Waals surface area contributed by atoms with E-state index in [9.17, 15) is 0 Å². The molecule has 0 aromatic heterocycles. The van der Waals surface area contributed by atoms with Crippen molar-refractivity contribution in [2.24, 2.45) is 0 Å². The molecule has 0 heterocycles. The molecule has 3 nitrogen and oxygen atoms in total. The summed E-state index contributed by atoms with van der Waals surface area (Å²) in [5.74, 6) is 0.936. The zero-order valence-electron chi connectivity index (χ0n) is 12.1. The first-order valence-corrected chi connectivity index (χ1v) is 6.40. The molecule has 1 rings (SSSR count). The van der Waals surface area contributed by atoms with Gasteiger partial charge in [-0.15, -0.1) is 0 Å². The molecule has 0 spiro atoms. The fourth-order valence-electron chi connectivity index (χ4n) is 1.97. The monoisotopic (exact) mass is 251 g/mol. The second kappa shape index (κ2) is 6.21. The van der Waals surface area contributed by atoms with Crippen LogP contribution in [-0.2, 0) is 6.54 Å². The van der Waals surface area contributed by atoms with Gasteiger partial charge in [0.05, 0.1) is 7.11 Å². The average Bonchev–Trinajstić information content (AvgIpc) is 2.31. The molecule has 18 heavy (non-hydrogen) atoms. The Morgan fingerprint density at radius 2 is 1.89 bits per heavy atom. The van der Waals surface area contributed by atoms with Gasteiger partial charge in [-0.1, -0.05) is 6.07 Å². The van der Waals surface area contributed by atoms with Crippen LogP contribution < -0.4 is 10.1 Å². The van der Waals surface area contributed by atoms with Gasteiger partial charge in [-0.25, -0.2) is 0 Å². The van der Waals surface area contributed by atoms with Crippen LogP contribution in [0.5, 0.6) is 5.75 Å². The number of nitrogens with one attached hydrogen (secondary N) is 1. The highest BCUT2D eigenvalue weighted by atomic mass is 16.5. The maximum atomic E-state index is 9.01. The molecule has 0 saturated carbocycles. The topological polar surface area (TPSA) is 41.5 Å². The summed E-state index contributed by atoms with van der Waals surface area (Å²) in [5.41, 5.74) is 3.69. The number of hydrogen-bond acceptors (Lipinski definition) is 3. The van der Waals surface area contributed by atoms with Gasteiger partial charge in [0.1, 0.15) is 5.75 Å². The van der Waals surface area contributed by atoms with Crippen molar-refractivity contribution in [1.29, 1.82) is 0 Å². The Hall–Kier alpha value is -1.06. The van der Waals surface area contributed by atoms with E-state index in [1.807, 2.05) is 6.07 Å². The molecule has 1 aromatic rings.